The Morgan fingerprint density at radius 2 is 1.33 bits per heavy atom. The van der Waals surface area contributed by atoms with Gasteiger partial charge in [0, 0.05) is 0 Å². The van der Waals surface area contributed by atoms with Crippen molar-refractivity contribution in [3.63, 3.8) is 0 Å². The van der Waals surface area contributed by atoms with E-state index in [0.717, 1.165) is 25.7 Å². The molecule has 4 heteroatoms. The second-order valence-electron chi connectivity index (χ2n) is 4.91. The highest BCUT2D eigenvalue weighted by Crippen LogP contribution is 2.51. The van der Waals surface area contributed by atoms with Gasteiger partial charge in [-0.05, 0) is 24.7 Å². The van der Waals surface area contributed by atoms with Crippen LogP contribution in [0.1, 0.15) is 38.5 Å². The fourth-order valence-electron chi connectivity index (χ4n) is 3.24. The zero-order chi connectivity index (χ0) is 11.1. The minimum absolute atomic E-state index is 0.325. The molecule has 0 amide bonds. The fourth-order valence-corrected chi connectivity index (χ4v) is 3.24. The molecule has 0 aliphatic heterocycles. The van der Waals surface area contributed by atoms with Crippen molar-refractivity contribution in [3.05, 3.63) is 0 Å². The monoisotopic (exact) mass is 212 g/mol. The standard InChI is InChI=1S/C11H16O4/c12-9(13)11(10(14)15)5-7-3-1-2-4-8(7)6-11/h7-8H,1-6H2,(H,12,13)(H,14,15)/t7-,8-/m1/s1. The topological polar surface area (TPSA) is 74.6 Å². The van der Waals surface area contributed by atoms with Crippen molar-refractivity contribution in [2.45, 2.75) is 38.5 Å². The number of hydrogen-bond acceptors (Lipinski definition) is 2. The van der Waals surface area contributed by atoms with Gasteiger partial charge in [0.1, 0.15) is 0 Å². The molecular weight excluding hydrogens is 196 g/mol. The summed E-state index contributed by atoms with van der Waals surface area (Å²) in [5, 5.41) is 18.2. The average molecular weight is 212 g/mol. The Balaban J connectivity index is 2.23. The number of rotatable bonds is 2. The second kappa shape index (κ2) is 3.51. The molecule has 2 aliphatic rings. The zero-order valence-corrected chi connectivity index (χ0v) is 8.61. The number of carboxylic acids is 2. The van der Waals surface area contributed by atoms with Crippen molar-refractivity contribution in [1.82, 2.24) is 0 Å². The van der Waals surface area contributed by atoms with Gasteiger partial charge in [-0.25, -0.2) is 0 Å². The molecule has 84 valence electrons. The number of fused-ring (bicyclic) bond motifs is 1. The minimum Gasteiger partial charge on any atom is -0.480 e. The van der Waals surface area contributed by atoms with Gasteiger partial charge in [0.2, 0.25) is 0 Å². The lowest BCUT2D eigenvalue weighted by molar-refractivity contribution is -0.164. The van der Waals surface area contributed by atoms with Gasteiger partial charge in [-0.15, -0.1) is 0 Å². The van der Waals surface area contributed by atoms with E-state index < -0.39 is 17.4 Å². The normalized spacial score (nSPS) is 33.3. The van der Waals surface area contributed by atoms with Crippen molar-refractivity contribution >= 4 is 11.9 Å². The highest BCUT2D eigenvalue weighted by Gasteiger charge is 2.55. The van der Waals surface area contributed by atoms with E-state index in [2.05, 4.69) is 0 Å². The van der Waals surface area contributed by atoms with Crippen LogP contribution in [0.4, 0.5) is 0 Å². The van der Waals surface area contributed by atoms with Gasteiger partial charge in [0.15, 0.2) is 5.41 Å². The summed E-state index contributed by atoms with van der Waals surface area (Å²) in [4.78, 5) is 22.3. The molecule has 2 aliphatic carbocycles. The van der Waals surface area contributed by atoms with E-state index in [1.807, 2.05) is 0 Å². The maximum atomic E-state index is 11.1. The van der Waals surface area contributed by atoms with Crippen LogP contribution in [0.2, 0.25) is 0 Å². The molecule has 2 atom stereocenters. The van der Waals surface area contributed by atoms with Gasteiger partial charge in [-0.3, -0.25) is 9.59 Å². The summed E-state index contributed by atoms with van der Waals surface area (Å²) in [5.74, 6) is -1.65. The van der Waals surface area contributed by atoms with Crippen LogP contribution in [0, 0.1) is 17.3 Å². The smallest absolute Gasteiger partial charge is 0.321 e. The van der Waals surface area contributed by atoms with Crippen LogP contribution in [-0.2, 0) is 9.59 Å². The van der Waals surface area contributed by atoms with Gasteiger partial charge in [0.05, 0.1) is 0 Å². The number of aliphatic carboxylic acids is 2. The molecule has 0 bridgehead atoms. The molecule has 0 unspecified atom stereocenters. The van der Waals surface area contributed by atoms with Crippen LogP contribution in [0.3, 0.4) is 0 Å². The van der Waals surface area contributed by atoms with Gasteiger partial charge in [-0.2, -0.15) is 0 Å². The summed E-state index contributed by atoms with van der Waals surface area (Å²) in [7, 11) is 0. The first-order valence-electron chi connectivity index (χ1n) is 5.53. The highest BCUT2D eigenvalue weighted by atomic mass is 16.4. The van der Waals surface area contributed by atoms with Crippen LogP contribution in [0.5, 0.6) is 0 Å². The van der Waals surface area contributed by atoms with E-state index in [0.29, 0.717) is 24.7 Å². The maximum absolute atomic E-state index is 11.1. The molecule has 0 radical (unpaired) electrons. The van der Waals surface area contributed by atoms with E-state index in [9.17, 15) is 9.59 Å². The summed E-state index contributed by atoms with van der Waals surface area (Å²) in [6.45, 7) is 0. The first-order valence-corrected chi connectivity index (χ1v) is 5.53. The third kappa shape index (κ3) is 1.52. The molecule has 2 fully saturated rings. The molecule has 4 nitrogen and oxygen atoms in total. The number of carboxylic acid groups (broad SMARTS) is 2. The third-order valence-corrected chi connectivity index (χ3v) is 4.11. The summed E-state index contributed by atoms with van der Waals surface area (Å²) in [6.07, 6.45) is 4.93. The lowest BCUT2D eigenvalue weighted by Gasteiger charge is -2.23. The summed E-state index contributed by atoms with van der Waals surface area (Å²) in [6, 6.07) is 0. The van der Waals surface area contributed by atoms with Gasteiger partial charge >= 0.3 is 11.9 Å². The van der Waals surface area contributed by atoms with Crippen LogP contribution >= 0.6 is 0 Å². The average Bonchev–Trinajstić information content (AvgIpc) is 2.57. The number of hydrogen-bond donors (Lipinski definition) is 2. The lowest BCUT2D eigenvalue weighted by atomic mass is 9.82. The van der Waals surface area contributed by atoms with Crippen molar-refractivity contribution in [2.75, 3.05) is 0 Å². The van der Waals surface area contributed by atoms with E-state index in [4.69, 9.17) is 10.2 Å². The van der Waals surface area contributed by atoms with E-state index in [1.54, 1.807) is 0 Å². The Kier molecular flexibility index (Phi) is 2.44. The fraction of sp³-hybridized carbons (Fsp3) is 0.818. The number of carbonyl (C=O) groups is 2. The molecule has 2 rings (SSSR count). The van der Waals surface area contributed by atoms with Gasteiger partial charge in [-0.1, -0.05) is 25.7 Å². The molecule has 15 heavy (non-hydrogen) atoms. The Labute approximate surface area is 88.3 Å². The predicted molar refractivity (Wildman–Crippen MR) is 52.4 cm³/mol. The van der Waals surface area contributed by atoms with Crippen LogP contribution in [0.25, 0.3) is 0 Å². The second-order valence-corrected chi connectivity index (χ2v) is 4.91. The van der Waals surface area contributed by atoms with Gasteiger partial charge < -0.3 is 10.2 Å². The summed E-state index contributed by atoms with van der Waals surface area (Å²) in [5.41, 5.74) is -1.49. The molecule has 0 aromatic rings. The van der Waals surface area contributed by atoms with Crippen LogP contribution < -0.4 is 0 Å². The minimum atomic E-state index is -1.49. The Bertz CT molecular complexity index is 267. The van der Waals surface area contributed by atoms with Crippen molar-refractivity contribution in [3.8, 4) is 0 Å². The quantitative estimate of drug-likeness (QED) is 0.684. The predicted octanol–water partition coefficient (Wildman–Crippen LogP) is 1.74. The first kappa shape index (κ1) is 10.5. The Morgan fingerprint density at radius 1 is 0.933 bits per heavy atom. The Morgan fingerprint density at radius 3 is 1.67 bits per heavy atom. The van der Waals surface area contributed by atoms with Crippen molar-refractivity contribution < 1.29 is 19.8 Å². The molecule has 2 saturated carbocycles. The molecule has 0 aromatic heterocycles. The van der Waals surface area contributed by atoms with Crippen LogP contribution in [-0.4, -0.2) is 22.2 Å². The molecule has 0 aromatic carbocycles. The SMILES string of the molecule is O=C(O)C1(C(=O)O)C[C@H]2CCCC[C@@H]2C1. The van der Waals surface area contributed by atoms with Crippen LogP contribution in [0.15, 0.2) is 0 Å². The molecule has 0 heterocycles. The first-order chi connectivity index (χ1) is 7.06. The molecular formula is C11H16O4. The van der Waals surface area contributed by atoms with Gasteiger partial charge in [0.25, 0.3) is 0 Å². The van der Waals surface area contributed by atoms with E-state index in [1.165, 1.54) is 0 Å². The molecule has 0 spiro atoms. The van der Waals surface area contributed by atoms with E-state index >= 15 is 0 Å². The molecule has 2 N–H and O–H groups in total. The lowest BCUT2D eigenvalue weighted by Crippen LogP contribution is -2.37. The Hall–Kier alpha value is -1.06. The maximum Gasteiger partial charge on any atom is 0.321 e. The summed E-state index contributed by atoms with van der Waals surface area (Å²) >= 11 is 0. The van der Waals surface area contributed by atoms with Crippen molar-refractivity contribution in [2.24, 2.45) is 17.3 Å². The van der Waals surface area contributed by atoms with E-state index in [-0.39, 0.29) is 0 Å². The molecule has 0 saturated heterocycles. The van der Waals surface area contributed by atoms with Crippen molar-refractivity contribution in [1.29, 1.82) is 0 Å². The third-order valence-electron chi connectivity index (χ3n) is 4.11. The largest absolute Gasteiger partial charge is 0.480 e. The zero-order valence-electron chi connectivity index (χ0n) is 8.61. The highest BCUT2D eigenvalue weighted by molar-refractivity contribution is 5.98. The summed E-state index contributed by atoms with van der Waals surface area (Å²) < 4.78 is 0.